The maximum atomic E-state index is 8.59. The number of benzene rings is 1. The van der Waals surface area contributed by atoms with Crippen LogP contribution in [0, 0.1) is 11.3 Å². The molecule has 1 aromatic carbocycles. The summed E-state index contributed by atoms with van der Waals surface area (Å²) in [4.78, 5) is 0. The summed E-state index contributed by atoms with van der Waals surface area (Å²) in [5.41, 5.74) is 0.773. The zero-order valence-corrected chi connectivity index (χ0v) is 8.08. The lowest BCUT2D eigenvalue weighted by Crippen LogP contribution is -1.93. The number of rotatable bonds is 3. The van der Waals surface area contributed by atoms with Gasteiger partial charge in [0, 0.05) is 0 Å². The molecule has 0 heterocycles. The maximum Gasteiger partial charge on any atom is 0.145 e. The molecule has 0 amide bonds. The third-order valence-electron chi connectivity index (χ3n) is 1.58. The van der Waals surface area contributed by atoms with Crippen molar-refractivity contribution in [2.45, 2.75) is 12.3 Å². The predicted octanol–water partition coefficient (Wildman–Crippen LogP) is 2.89. The summed E-state index contributed by atoms with van der Waals surface area (Å²) in [5, 5.41) is 7.99. The fourth-order valence-electron chi connectivity index (χ4n) is 1.00. The van der Waals surface area contributed by atoms with E-state index in [1.807, 2.05) is 31.2 Å². The van der Waals surface area contributed by atoms with Crippen LogP contribution >= 0.6 is 11.6 Å². The van der Waals surface area contributed by atoms with Crippen LogP contribution in [0.2, 0.25) is 0 Å². The van der Waals surface area contributed by atoms with Crippen LogP contribution in [-0.4, -0.2) is 6.61 Å². The van der Waals surface area contributed by atoms with Gasteiger partial charge in [0.05, 0.1) is 12.7 Å². The number of alkyl halides is 1. The van der Waals surface area contributed by atoms with Gasteiger partial charge in [-0.3, -0.25) is 0 Å². The van der Waals surface area contributed by atoms with E-state index in [4.69, 9.17) is 21.6 Å². The Kier molecular flexibility index (Phi) is 3.60. The number of halogens is 1. The van der Waals surface area contributed by atoms with E-state index < -0.39 is 5.38 Å². The first-order chi connectivity index (χ1) is 6.27. The zero-order chi connectivity index (χ0) is 9.68. The fraction of sp³-hybridized carbons (Fsp3) is 0.300. The van der Waals surface area contributed by atoms with Crippen molar-refractivity contribution >= 4 is 11.6 Å². The predicted molar refractivity (Wildman–Crippen MR) is 51.8 cm³/mol. The van der Waals surface area contributed by atoms with Crippen LogP contribution in [0.1, 0.15) is 17.9 Å². The van der Waals surface area contributed by atoms with Crippen LogP contribution in [0.5, 0.6) is 5.75 Å². The smallest absolute Gasteiger partial charge is 0.145 e. The third kappa shape index (κ3) is 2.64. The van der Waals surface area contributed by atoms with Gasteiger partial charge >= 0.3 is 0 Å². The van der Waals surface area contributed by atoms with Crippen LogP contribution in [-0.2, 0) is 0 Å². The molecule has 68 valence electrons. The number of hydrogen-bond acceptors (Lipinski definition) is 2. The van der Waals surface area contributed by atoms with E-state index in [1.54, 1.807) is 6.07 Å². The molecule has 1 rings (SSSR count). The highest BCUT2D eigenvalue weighted by atomic mass is 35.5. The van der Waals surface area contributed by atoms with E-state index in [9.17, 15) is 0 Å². The minimum Gasteiger partial charge on any atom is -0.494 e. The molecule has 0 aliphatic carbocycles. The van der Waals surface area contributed by atoms with Crippen molar-refractivity contribution in [3.05, 3.63) is 29.8 Å². The van der Waals surface area contributed by atoms with Crippen molar-refractivity contribution in [2.75, 3.05) is 6.61 Å². The van der Waals surface area contributed by atoms with Crippen molar-refractivity contribution in [2.24, 2.45) is 0 Å². The van der Waals surface area contributed by atoms with E-state index in [1.165, 1.54) is 0 Å². The molecule has 0 N–H and O–H groups in total. The third-order valence-corrected chi connectivity index (χ3v) is 1.92. The largest absolute Gasteiger partial charge is 0.494 e. The van der Waals surface area contributed by atoms with Crippen LogP contribution < -0.4 is 4.74 Å². The van der Waals surface area contributed by atoms with Crippen molar-refractivity contribution in [1.82, 2.24) is 0 Å². The Morgan fingerprint density at radius 2 is 2.38 bits per heavy atom. The molecule has 0 aliphatic rings. The van der Waals surface area contributed by atoms with Gasteiger partial charge in [0.15, 0.2) is 0 Å². The van der Waals surface area contributed by atoms with Crippen LogP contribution in [0.15, 0.2) is 24.3 Å². The Morgan fingerprint density at radius 3 is 3.00 bits per heavy atom. The topological polar surface area (TPSA) is 33.0 Å². The summed E-state index contributed by atoms with van der Waals surface area (Å²) in [6, 6.07) is 9.22. The molecule has 0 aromatic heterocycles. The Bertz CT molecular complexity index is 319. The molecule has 0 bridgehead atoms. The van der Waals surface area contributed by atoms with E-state index in [2.05, 4.69) is 0 Å². The summed E-state index contributed by atoms with van der Waals surface area (Å²) < 4.78 is 5.27. The monoisotopic (exact) mass is 195 g/mol. The molecule has 1 aromatic rings. The second-order valence-corrected chi connectivity index (χ2v) is 2.93. The number of hydrogen-bond donors (Lipinski definition) is 0. The molecular formula is C10H10ClNO. The maximum absolute atomic E-state index is 8.59. The molecule has 1 unspecified atom stereocenters. The van der Waals surface area contributed by atoms with Crippen LogP contribution in [0.3, 0.4) is 0 Å². The molecule has 0 saturated heterocycles. The van der Waals surface area contributed by atoms with Gasteiger partial charge in [-0.2, -0.15) is 5.26 Å². The van der Waals surface area contributed by atoms with Crippen molar-refractivity contribution in [3.8, 4) is 11.8 Å². The van der Waals surface area contributed by atoms with Gasteiger partial charge in [0.2, 0.25) is 0 Å². The fourth-order valence-corrected chi connectivity index (χ4v) is 1.14. The highest BCUT2D eigenvalue weighted by molar-refractivity contribution is 6.22. The van der Waals surface area contributed by atoms with Gasteiger partial charge in [0.25, 0.3) is 0 Å². The zero-order valence-electron chi connectivity index (χ0n) is 7.33. The molecule has 2 nitrogen and oxygen atoms in total. The van der Waals surface area contributed by atoms with Crippen molar-refractivity contribution in [1.29, 1.82) is 5.26 Å². The molecule has 3 heteroatoms. The molecule has 0 spiro atoms. The molecule has 13 heavy (non-hydrogen) atoms. The number of nitriles is 1. The minimum atomic E-state index is -0.597. The molecule has 1 atom stereocenters. The number of ether oxygens (including phenoxy) is 1. The Morgan fingerprint density at radius 1 is 1.62 bits per heavy atom. The van der Waals surface area contributed by atoms with Gasteiger partial charge in [-0.1, -0.05) is 12.1 Å². The first-order valence-corrected chi connectivity index (χ1v) is 4.48. The van der Waals surface area contributed by atoms with Gasteiger partial charge in [-0.05, 0) is 24.6 Å². The van der Waals surface area contributed by atoms with E-state index in [-0.39, 0.29) is 0 Å². The van der Waals surface area contributed by atoms with Crippen molar-refractivity contribution in [3.63, 3.8) is 0 Å². The number of nitrogens with zero attached hydrogens (tertiary/aromatic N) is 1. The SMILES string of the molecule is CCOc1cccc(C(Cl)C#N)c1. The highest BCUT2D eigenvalue weighted by Crippen LogP contribution is 2.23. The van der Waals surface area contributed by atoms with E-state index >= 15 is 0 Å². The lowest BCUT2D eigenvalue weighted by atomic mass is 10.1. The Balaban J connectivity index is 2.86. The van der Waals surface area contributed by atoms with Gasteiger partial charge in [-0.25, -0.2) is 0 Å². The van der Waals surface area contributed by atoms with E-state index in [0.717, 1.165) is 11.3 Å². The first-order valence-electron chi connectivity index (χ1n) is 4.04. The molecule has 0 fully saturated rings. The Hall–Kier alpha value is -1.20. The molecule has 0 aliphatic heterocycles. The van der Waals surface area contributed by atoms with Crippen LogP contribution in [0.25, 0.3) is 0 Å². The summed E-state index contributed by atoms with van der Waals surface area (Å²) in [7, 11) is 0. The minimum absolute atomic E-state index is 0.597. The normalized spacial score (nSPS) is 11.8. The van der Waals surface area contributed by atoms with Gasteiger partial charge < -0.3 is 4.74 Å². The second-order valence-electron chi connectivity index (χ2n) is 2.50. The van der Waals surface area contributed by atoms with Crippen LogP contribution in [0.4, 0.5) is 0 Å². The summed E-state index contributed by atoms with van der Waals surface area (Å²) in [5.74, 6) is 0.751. The first kappa shape index (κ1) is 9.88. The van der Waals surface area contributed by atoms with Crippen molar-refractivity contribution < 1.29 is 4.74 Å². The van der Waals surface area contributed by atoms with Gasteiger partial charge in [0.1, 0.15) is 11.1 Å². The standard InChI is InChI=1S/C10H10ClNO/c1-2-13-9-5-3-4-8(6-9)10(11)7-12/h3-6,10H,2H2,1H3. The molecular weight excluding hydrogens is 186 g/mol. The van der Waals surface area contributed by atoms with Gasteiger partial charge in [-0.15, -0.1) is 11.6 Å². The Labute approximate surface area is 82.7 Å². The summed E-state index contributed by atoms with van der Waals surface area (Å²) in [6.07, 6.45) is 0. The van der Waals surface area contributed by atoms with E-state index in [0.29, 0.717) is 6.61 Å². The highest BCUT2D eigenvalue weighted by Gasteiger charge is 2.06. The second kappa shape index (κ2) is 4.74. The molecule has 0 radical (unpaired) electrons. The average molecular weight is 196 g/mol. The quantitative estimate of drug-likeness (QED) is 0.695. The molecule has 0 saturated carbocycles. The average Bonchev–Trinajstić information content (AvgIpc) is 2.18. The lowest BCUT2D eigenvalue weighted by molar-refractivity contribution is 0.340. The summed E-state index contributed by atoms with van der Waals surface area (Å²) in [6.45, 7) is 2.53. The summed E-state index contributed by atoms with van der Waals surface area (Å²) >= 11 is 5.75. The lowest BCUT2D eigenvalue weighted by Gasteiger charge is -2.05.